The Morgan fingerprint density at radius 1 is 1.45 bits per heavy atom. The van der Waals surface area contributed by atoms with Gasteiger partial charge in [0.15, 0.2) is 5.78 Å². The number of nitrogen functional groups attached to an aromatic ring is 1. The van der Waals surface area contributed by atoms with Crippen molar-refractivity contribution in [3.63, 3.8) is 0 Å². The molecule has 22 heavy (non-hydrogen) atoms. The van der Waals surface area contributed by atoms with Crippen LogP contribution >= 0.6 is 0 Å². The summed E-state index contributed by atoms with van der Waals surface area (Å²) in [6, 6.07) is 5.16. The first-order valence-corrected chi connectivity index (χ1v) is 7.33. The van der Waals surface area contributed by atoms with Crippen molar-refractivity contribution in [3.8, 4) is 5.75 Å². The Labute approximate surface area is 128 Å². The maximum Gasteiger partial charge on any atom is 0.198 e. The van der Waals surface area contributed by atoms with Crippen LogP contribution in [0.1, 0.15) is 41.4 Å². The van der Waals surface area contributed by atoms with Crippen LogP contribution < -0.4 is 10.5 Å². The maximum absolute atomic E-state index is 12.6. The monoisotopic (exact) mass is 301 g/mol. The number of methoxy groups -OCH3 is 1. The van der Waals surface area contributed by atoms with Crippen molar-refractivity contribution in [2.75, 3.05) is 19.5 Å². The summed E-state index contributed by atoms with van der Waals surface area (Å²) in [5.74, 6) is 0.326. The summed E-state index contributed by atoms with van der Waals surface area (Å²) < 4.78 is 12.5. The average molecular weight is 301 g/mol. The fourth-order valence-corrected chi connectivity index (χ4v) is 2.62. The van der Waals surface area contributed by atoms with Gasteiger partial charge in [-0.15, -0.1) is 0 Å². The minimum Gasteiger partial charge on any atom is -0.495 e. The van der Waals surface area contributed by atoms with Crippen molar-refractivity contribution < 1.29 is 14.3 Å². The number of carbonyl (C=O) groups excluding carboxylic acids is 1. The molecule has 1 aromatic carbocycles. The van der Waals surface area contributed by atoms with Gasteiger partial charge in [-0.25, -0.2) is 4.68 Å². The number of anilines is 1. The lowest BCUT2D eigenvalue weighted by Crippen LogP contribution is -2.18. The molecular weight excluding hydrogens is 282 g/mol. The third-order valence-corrected chi connectivity index (χ3v) is 3.85. The Morgan fingerprint density at radius 2 is 2.32 bits per heavy atom. The van der Waals surface area contributed by atoms with Gasteiger partial charge in [0.1, 0.15) is 12.0 Å². The van der Waals surface area contributed by atoms with E-state index in [1.807, 2.05) is 0 Å². The van der Waals surface area contributed by atoms with Gasteiger partial charge in [0, 0.05) is 18.4 Å². The van der Waals surface area contributed by atoms with E-state index in [1.54, 1.807) is 35.3 Å². The number of rotatable bonds is 4. The molecule has 0 bridgehead atoms. The Kier molecular flexibility index (Phi) is 4.11. The predicted octanol–water partition coefficient (Wildman–Crippen LogP) is 2.40. The van der Waals surface area contributed by atoms with Crippen LogP contribution in [0.5, 0.6) is 5.75 Å². The Balaban J connectivity index is 1.85. The highest BCUT2D eigenvalue weighted by Gasteiger charge is 2.20. The molecule has 0 amide bonds. The van der Waals surface area contributed by atoms with Crippen LogP contribution in [0.4, 0.5) is 5.69 Å². The maximum atomic E-state index is 12.6. The largest absolute Gasteiger partial charge is 0.495 e. The van der Waals surface area contributed by atoms with Crippen molar-refractivity contribution in [1.29, 1.82) is 0 Å². The second-order valence-corrected chi connectivity index (χ2v) is 5.28. The highest BCUT2D eigenvalue weighted by molar-refractivity contribution is 6.12. The molecule has 1 fully saturated rings. The Hall–Kier alpha value is -2.34. The number of hydrogen-bond acceptors (Lipinski definition) is 5. The summed E-state index contributed by atoms with van der Waals surface area (Å²) >= 11 is 0. The van der Waals surface area contributed by atoms with E-state index in [-0.39, 0.29) is 12.0 Å². The summed E-state index contributed by atoms with van der Waals surface area (Å²) in [5, 5.41) is 4.26. The van der Waals surface area contributed by atoms with Crippen LogP contribution in [0.25, 0.3) is 0 Å². The first kappa shape index (κ1) is 14.6. The van der Waals surface area contributed by atoms with Crippen molar-refractivity contribution >= 4 is 11.5 Å². The van der Waals surface area contributed by atoms with E-state index in [1.165, 1.54) is 7.11 Å². The van der Waals surface area contributed by atoms with E-state index in [9.17, 15) is 4.79 Å². The van der Waals surface area contributed by atoms with E-state index in [0.717, 1.165) is 25.9 Å². The molecule has 116 valence electrons. The molecule has 0 spiro atoms. The Morgan fingerprint density at radius 3 is 3.05 bits per heavy atom. The lowest BCUT2D eigenvalue weighted by atomic mass is 10.0. The number of nitrogens with zero attached hydrogens (tertiary/aromatic N) is 2. The number of carbonyl (C=O) groups is 1. The number of aromatic nitrogens is 2. The molecule has 2 aromatic rings. The first-order chi connectivity index (χ1) is 10.7. The molecule has 3 rings (SSSR count). The molecule has 2 heterocycles. The quantitative estimate of drug-likeness (QED) is 0.693. The molecule has 1 unspecified atom stereocenters. The number of benzene rings is 1. The van der Waals surface area contributed by atoms with Crippen molar-refractivity contribution in [2.24, 2.45) is 0 Å². The summed E-state index contributed by atoms with van der Waals surface area (Å²) in [7, 11) is 1.53. The minimum absolute atomic E-state index is 0.0852. The van der Waals surface area contributed by atoms with E-state index in [0.29, 0.717) is 22.6 Å². The highest BCUT2D eigenvalue weighted by Crippen LogP contribution is 2.27. The molecule has 1 saturated heterocycles. The van der Waals surface area contributed by atoms with Crippen molar-refractivity contribution in [2.45, 2.75) is 25.5 Å². The van der Waals surface area contributed by atoms with Crippen molar-refractivity contribution in [1.82, 2.24) is 9.78 Å². The molecule has 6 nitrogen and oxygen atoms in total. The van der Waals surface area contributed by atoms with E-state index >= 15 is 0 Å². The minimum atomic E-state index is -0.168. The number of ketones is 1. The second-order valence-electron chi connectivity index (χ2n) is 5.28. The van der Waals surface area contributed by atoms with Gasteiger partial charge in [0.2, 0.25) is 0 Å². The van der Waals surface area contributed by atoms with Crippen LogP contribution in [0.15, 0.2) is 30.6 Å². The standard InChI is InChI=1S/C16H19N3O3/c1-21-13-6-4-5-12(15(13)17)16(20)11-9-18-19(10-11)14-7-2-3-8-22-14/h4-6,9-10,14H,2-3,7-8,17H2,1H3. The van der Waals surface area contributed by atoms with Gasteiger partial charge in [0.25, 0.3) is 0 Å². The second kappa shape index (κ2) is 6.19. The van der Waals surface area contributed by atoms with Crippen LogP contribution in [-0.4, -0.2) is 29.3 Å². The van der Waals surface area contributed by atoms with Gasteiger partial charge >= 0.3 is 0 Å². The molecule has 0 saturated carbocycles. The predicted molar refractivity (Wildman–Crippen MR) is 81.9 cm³/mol. The zero-order valence-electron chi connectivity index (χ0n) is 12.5. The molecule has 1 atom stereocenters. The normalized spacial score (nSPS) is 18.1. The lowest BCUT2D eigenvalue weighted by Gasteiger charge is -2.22. The third-order valence-electron chi connectivity index (χ3n) is 3.85. The Bertz CT molecular complexity index is 675. The number of ether oxygens (including phenoxy) is 2. The topological polar surface area (TPSA) is 79.4 Å². The number of nitrogens with two attached hydrogens (primary N) is 1. The van der Waals surface area contributed by atoms with Crippen LogP contribution in [0.3, 0.4) is 0 Å². The fraction of sp³-hybridized carbons (Fsp3) is 0.375. The van der Waals surface area contributed by atoms with Crippen LogP contribution in [0.2, 0.25) is 0 Å². The van der Waals surface area contributed by atoms with Gasteiger partial charge < -0.3 is 15.2 Å². The summed E-state index contributed by atoms with van der Waals surface area (Å²) in [6.07, 6.45) is 6.28. The van der Waals surface area contributed by atoms with Gasteiger partial charge in [-0.3, -0.25) is 4.79 Å². The molecule has 0 radical (unpaired) electrons. The zero-order chi connectivity index (χ0) is 15.5. The lowest BCUT2D eigenvalue weighted by molar-refractivity contribution is -0.0395. The van der Waals surface area contributed by atoms with Gasteiger partial charge in [0.05, 0.1) is 24.6 Å². The van der Waals surface area contributed by atoms with E-state index < -0.39 is 0 Å². The van der Waals surface area contributed by atoms with Gasteiger partial charge in [-0.1, -0.05) is 6.07 Å². The summed E-state index contributed by atoms with van der Waals surface area (Å²) in [5.41, 5.74) is 7.24. The SMILES string of the molecule is COc1cccc(C(=O)c2cnn(C3CCCCO3)c2)c1N. The summed E-state index contributed by atoms with van der Waals surface area (Å²) in [4.78, 5) is 12.6. The molecule has 1 aliphatic rings. The number of para-hydroxylation sites is 1. The van der Waals surface area contributed by atoms with Crippen LogP contribution in [0, 0.1) is 0 Å². The fourth-order valence-electron chi connectivity index (χ4n) is 2.62. The van der Waals surface area contributed by atoms with Crippen LogP contribution in [-0.2, 0) is 4.74 Å². The highest BCUT2D eigenvalue weighted by atomic mass is 16.5. The van der Waals surface area contributed by atoms with E-state index in [4.69, 9.17) is 15.2 Å². The molecule has 1 aliphatic heterocycles. The first-order valence-electron chi connectivity index (χ1n) is 7.33. The average Bonchev–Trinajstić information content (AvgIpc) is 3.05. The molecular formula is C16H19N3O3. The smallest absolute Gasteiger partial charge is 0.198 e. The van der Waals surface area contributed by atoms with Crippen molar-refractivity contribution in [3.05, 3.63) is 41.7 Å². The van der Waals surface area contributed by atoms with Gasteiger partial charge in [-0.05, 0) is 31.4 Å². The number of hydrogen-bond donors (Lipinski definition) is 1. The van der Waals surface area contributed by atoms with Gasteiger partial charge in [-0.2, -0.15) is 5.10 Å². The third kappa shape index (κ3) is 2.69. The zero-order valence-corrected chi connectivity index (χ0v) is 12.5. The van der Waals surface area contributed by atoms with E-state index in [2.05, 4.69) is 5.10 Å². The molecule has 1 aromatic heterocycles. The molecule has 2 N–H and O–H groups in total. The molecule has 6 heteroatoms. The summed E-state index contributed by atoms with van der Waals surface area (Å²) in [6.45, 7) is 0.733. The molecule has 0 aliphatic carbocycles.